The predicted octanol–water partition coefficient (Wildman–Crippen LogP) is 2.50. The van der Waals surface area contributed by atoms with Crippen LogP contribution in [0.3, 0.4) is 0 Å². The standard InChI is InChI=1S/C7H11ClO/c1-3-6(2)4-5-7(8)9/h3H,4-5H2,1-2H3/b6-3+. The molecule has 0 bridgehead atoms. The Labute approximate surface area is 60.7 Å². The van der Waals surface area contributed by atoms with Crippen LogP contribution in [0.1, 0.15) is 26.7 Å². The van der Waals surface area contributed by atoms with Gasteiger partial charge in [0.15, 0.2) is 0 Å². The molecule has 0 aliphatic rings. The van der Waals surface area contributed by atoms with Gasteiger partial charge in [-0.2, -0.15) is 0 Å². The monoisotopic (exact) mass is 146 g/mol. The number of rotatable bonds is 3. The summed E-state index contributed by atoms with van der Waals surface area (Å²) in [6, 6.07) is 0. The minimum Gasteiger partial charge on any atom is -0.281 e. The fraction of sp³-hybridized carbons (Fsp3) is 0.571. The van der Waals surface area contributed by atoms with Gasteiger partial charge in [0.1, 0.15) is 0 Å². The van der Waals surface area contributed by atoms with Gasteiger partial charge in [0, 0.05) is 6.42 Å². The van der Waals surface area contributed by atoms with Crippen LogP contribution in [0.15, 0.2) is 11.6 Å². The van der Waals surface area contributed by atoms with Crippen molar-refractivity contribution in [2.75, 3.05) is 0 Å². The summed E-state index contributed by atoms with van der Waals surface area (Å²) >= 11 is 5.11. The number of hydrogen-bond donors (Lipinski definition) is 0. The summed E-state index contributed by atoms with van der Waals surface area (Å²) in [6.45, 7) is 3.94. The molecule has 0 N–H and O–H groups in total. The van der Waals surface area contributed by atoms with Crippen LogP contribution in [0.2, 0.25) is 0 Å². The molecule has 0 saturated heterocycles. The SMILES string of the molecule is C/C=C(\C)CCC(=O)Cl. The maximum atomic E-state index is 10.2. The van der Waals surface area contributed by atoms with Gasteiger partial charge in [-0.3, -0.25) is 4.79 Å². The van der Waals surface area contributed by atoms with Crippen molar-refractivity contribution in [3.05, 3.63) is 11.6 Å². The van der Waals surface area contributed by atoms with Crippen LogP contribution in [-0.4, -0.2) is 5.24 Å². The zero-order valence-corrected chi connectivity index (χ0v) is 6.53. The normalized spacial score (nSPS) is 11.7. The molecule has 2 heteroatoms. The Bertz CT molecular complexity index is 127. The van der Waals surface area contributed by atoms with E-state index in [4.69, 9.17) is 11.6 Å². The first-order chi connectivity index (χ1) is 4.16. The average Bonchev–Trinajstić information content (AvgIpc) is 1.83. The molecular formula is C7H11ClO. The van der Waals surface area contributed by atoms with E-state index in [9.17, 15) is 4.79 Å². The van der Waals surface area contributed by atoms with Crippen molar-refractivity contribution in [2.45, 2.75) is 26.7 Å². The first-order valence-corrected chi connectivity index (χ1v) is 3.34. The van der Waals surface area contributed by atoms with Crippen LogP contribution in [0.4, 0.5) is 0 Å². The molecule has 0 rings (SSSR count). The number of carbonyl (C=O) groups excluding carboxylic acids is 1. The lowest BCUT2D eigenvalue weighted by atomic mass is 10.2. The van der Waals surface area contributed by atoms with E-state index in [1.807, 2.05) is 19.9 Å². The van der Waals surface area contributed by atoms with Gasteiger partial charge in [-0.05, 0) is 31.9 Å². The fourth-order valence-electron chi connectivity index (χ4n) is 0.440. The van der Waals surface area contributed by atoms with Crippen molar-refractivity contribution in [1.82, 2.24) is 0 Å². The Morgan fingerprint density at radius 2 is 2.11 bits per heavy atom. The molecule has 0 aromatic rings. The van der Waals surface area contributed by atoms with Crippen molar-refractivity contribution in [2.24, 2.45) is 0 Å². The largest absolute Gasteiger partial charge is 0.281 e. The lowest BCUT2D eigenvalue weighted by molar-refractivity contribution is -0.111. The van der Waals surface area contributed by atoms with Gasteiger partial charge >= 0.3 is 0 Å². The number of carbonyl (C=O) groups is 1. The van der Waals surface area contributed by atoms with Crippen LogP contribution in [-0.2, 0) is 4.79 Å². The summed E-state index contributed by atoms with van der Waals surface area (Å²) < 4.78 is 0. The van der Waals surface area contributed by atoms with Crippen LogP contribution in [0.5, 0.6) is 0 Å². The maximum absolute atomic E-state index is 10.2. The predicted molar refractivity (Wildman–Crippen MR) is 39.5 cm³/mol. The molecule has 0 amide bonds. The lowest BCUT2D eigenvalue weighted by Gasteiger charge is -1.93. The van der Waals surface area contributed by atoms with Gasteiger partial charge in [-0.25, -0.2) is 0 Å². The molecule has 0 saturated carbocycles. The topological polar surface area (TPSA) is 17.1 Å². The molecule has 0 aromatic carbocycles. The molecule has 0 aromatic heterocycles. The van der Waals surface area contributed by atoms with Crippen LogP contribution < -0.4 is 0 Å². The Morgan fingerprint density at radius 1 is 1.56 bits per heavy atom. The number of allylic oxidation sites excluding steroid dienone is 2. The van der Waals surface area contributed by atoms with E-state index in [0.717, 1.165) is 6.42 Å². The van der Waals surface area contributed by atoms with Gasteiger partial charge in [0.05, 0.1) is 0 Å². The molecule has 0 aliphatic heterocycles. The Balaban J connectivity index is 3.39. The van der Waals surface area contributed by atoms with E-state index in [2.05, 4.69) is 0 Å². The minimum absolute atomic E-state index is 0.254. The molecule has 0 atom stereocenters. The van der Waals surface area contributed by atoms with E-state index < -0.39 is 0 Å². The molecule has 9 heavy (non-hydrogen) atoms. The summed E-state index contributed by atoms with van der Waals surface area (Å²) in [5, 5.41) is -0.254. The molecule has 0 radical (unpaired) electrons. The second-order valence-electron chi connectivity index (χ2n) is 1.99. The highest BCUT2D eigenvalue weighted by Crippen LogP contribution is 2.04. The highest BCUT2D eigenvalue weighted by atomic mass is 35.5. The summed E-state index contributed by atoms with van der Waals surface area (Å²) in [4.78, 5) is 10.2. The molecule has 0 heterocycles. The Hall–Kier alpha value is -0.300. The third-order valence-corrected chi connectivity index (χ3v) is 1.40. The van der Waals surface area contributed by atoms with Crippen LogP contribution >= 0.6 is 11.6 Å². The first kappa shape index (κ1) is 8.70. The van der Waals surface area contributed by atoms with Crippen LogP contribution in [0.25, 0.3) is 0 Å². The third-order valence-electron chi connectivity index (χ3n) is 1.21. The second-order valence-corrected chi connectivity index (χ2v) is 2.41. The van der Waals surface area contributed by atoms with Gasteiger partial charge in [-0.15, -0.1) is 0 Å². The van der Waals surface area contributed by atoms with E-state index in [0.29, 0.717) is 6.42 Å². The lowest BCUT2D eigenvalue weighted by Crippen LogP contribution is -1.85. The molecule has 0 fully saturated rings. The van der Waals surface area contributed by atoms with Gasteiger partial charge < -0.3 is 0 Å². The van der Waals surface area contributed by atoms with Crippen molar-refractivity contribution in [3.8, 4) is 0 Å². The number of halogens is 1. The number of hydrogen-bond acceptors (Lipinski definition) is 1. The van der Waals surface area contributed by atoms with Crippen molar-refractivity contribution < 1.29 is 4.79 Å². The average molecular weight is 147 g/mol. The maximum Gasteiger partial charge on any atom is 0.221 e. The van der Waals surface area contributed by atoms with E-state index in [-0.39, 0.29) is 5.24 Å². The fourth-order valence-corrected chi connectivity index (χ4v) is 0.534. The minimum atomic E-state index is -0.254. The molecule has 1 nitrogen and oxygen atoms in total. The summed E-state index contributed by atoms with van der Waals surface area (Å²) in [6.07, 6.45) is 3.23. The summed E-state index contributed by atoms with van der Waals surface area (Å²) in [5.74, 6) is 0. The quantitative estimate of drug-likeness (QED) is 0.442. The highest BCUT2D eigenvalue weighted by molar-refractivity contribution is 6.63. The zero-order chi connectivity index (χ0) is 7.28. The van der Waals surface area contributed by atoms with Gasteiger partial charge in [0.25, 0.3) is 0 Å². The molecule has 0 aliphatic carbocycles. The smallest absolute Gasteiger partial charge is 0.221 e. The van der Waals surface area contributed by atoms with E-state index >= 15 is 0 Å². The molecule has 0 spiro atoms. The molecule has 0 unspecified atom stereocenters. The van der Waals surface area contributed by atoms with Crippen molar-refractivity contribution in [1.29, 1.82) is 0 Å². The highest BCUT2D eigenvalue weighted by Gasteiger charge is 1.94. The van der Waals surface area contributed by atoms with Crippen molar-refractivity contribution >= 4 is 16.8 Å². The first-order valence-electron chi connectivity index (χ1n) is 2.97. The van der Waals surface area contributed by atoms with Gasteiger partial charge in [-0.1, -0.05) is 11.6 Å². The zero-order valence-electron chi connectivity index (χ0n) is 5.78. The van der Waals surface area contributed by atoms with E-state index in [1.54, 1.807) is 0 Å². The van der Waals surface area contributed by atoms with Crippen LogP contribution in [0, 0.1) is 0 Å². The van der Waals surface area contributed by atoms with Crippen molar-refractivity contribution in [3.63, 3.8) is 0 Å². The Morgan fingerprint density at radius 3 is 2.44 bits per heavy atom. The van der Waals surface area contributed by atoms with Gasteiger partial charge in [0.2, 0.25) is 5.24 Å². The summed E-state index contributed by atoms with van der Waals surface area (Å²) in [5.41, 5.74) is 1.21. The Kier molecular flexibility index (Phi) is 4.41. The summed E-state index contributed by atoms with van der Waals surface area (Å²) in [7, 11) is 0. The van der Waals surface area contributed by atoms with E-state index in [1.165, 1.54) is 5.57 Å². The third kappa shape index (κ3) is 5.57. The second kappa shape index (κ2) is 4.57. The molecular weight excluding hydrogens is 136 g/mol. The molecule has 52 valence electrons.